The Bertz CT molecular complexity index is 2860. The van der Waals surface area contributed by atoms with Crippen molar-refractivity contribution in [2.75, 3.05) is 0 Å². The van der Waals surface area contributed by atoms with Gasteiger partial charge >= 0.3 is 0 Å². The third-order valence-corrected chi connectivity index (χ3v) is 11.6. The van der Waals surface area contributed by atoms with E-state index >= 15 is 0 Å². The molecule has 56 heavy (non-hydrogen) atoms. The van der Waals surface area contributed by atoms with Crippen LogP contribution in [0.15, 0.2) is 180 Å². The predicted octanol–water partition coefficient (Wildman–Crippen LogP) is 12.0. The van der Waals surface area contributed by atoms with Gasteiger partial charge in [-0.1, -0.05) is 171 Å². The first-order chi connectivity index (χ1) is 27.5. The highest BCUT2D eigenvalue weighted by atomic mass is 32.2. The minimum Gasteiger partial charge on any atom is -0.208 e. The summed E-state index contributed by atoms with van der Waals surface area (Å²) in [7, 11) is 0. The average Bonchev–Trinajstić information content (AvgIpc) is 3.26. The highest BCUT2D eigenvalue weighted by molar-refractivity contribution is 7.99. The van der Waals surface area contributed by atoms with Crippen LogP contribution in [0.4, 0.5) is 0 Å². The van der Waals surface area contributed by atoms with Gasteiger partial charge in [-0.05, 0) is 46.2 Å². The Hall–Kier alpha value is -6.83. The molecule has 266 valence electrons. The van der Waals surface area contributed by atoms with E-state index in [1.807, 2.05) is 103 Å². The molecular formula is C49H34N6S. The zero-order valence-electron chi connectivity index (χ0n) is 30.8. The van der Waals surface area contributed by atoms with E-state index in [4.69, 9.17) is 29.9 Å². The van der Waals surface area contributed by atoms with Gasteiger partial charge in [0.2, 0.25) is 0 Å². The van der Waals surface area contributed by atoms with Gasteiger partial charge in [0.1, 0.15) is 0 Å². The molecule has 6 nitrogen and oxygen atoms in total. The normalized spacial score (nSPS) is 12.9. The van der Waals surface area contributed by atoms with Crippen molar-refractivity contribution in [3.63, 3.8) is 0 Å². The van der Waals surface area contributed by atoms with Crippen molar-refractivity contribution < 1.29 is 0 Å². The summed E-state index contributed by atoms with van der Waals surface area (Å²) in [5.41, 5.74) is 7.89. The molecule has 0 saturated carbocycles. The first kappa shape index (κ1) is 33.7. The van der Waals surface area contributed by atoms with Crippen LogP contribution in [0.5, 0.6) is 0 Å². The average molecular weight is 739 g/mol. The lowest BCUT2D eigenvalue weighted by molar-refractivity contribution is 0.607. The number of rotatable bonds is 6. The summed E-state index contributed by atoms with van der Waals surface area (Å²) in [4.78, 5) is 33.1. The topological polar surface area (TPSA) is 77.3 Å². The highest BCUT2D eigenvalue weighted by Crippen LogP contribution is 2.49. The van der Waals surface area contributed by atoms with Gasteiger partial charge in [-0.25, -0.2) is 29.9 Å². The second-order valence-electron chi connectivity index (χ2n) is 14.4. The van der Waals surface area contributed by atoms with Crippen LogP contribution in [0, 0.1) is 0 Å². The minimum atomic E-state index is -0.132. The van der Waals surface area contributed by atoms with Crippen molar-refractivity contribution in [2.45, 2.75) is 29.1 Å². The second-order valence-corrected chi connectivity index (χ2v) is 15.5. The zero-order valence-corrected chi connectivity index (χ0v) is 31.6. The van der Waals surface area contributed by atoms with Gasteiger partial charge in [0.25, 0.3) is 0 Å². The summed E-state index contributed by atoms with van der Waals surface area (Å²) in [6.45, 7) is 4.60. The number of fused-ring (bicyclic) bond motifs is 3. The Morgan fingerprint density at radius 3 is 1.43 bits per heavy atom. The summed E-state index contributed by atoms with van der Waals surface area (Å²) in [6, 6.07) is 58.1. The maximum absolute atomic E-state index is 5.22. The standard InChI is InChI=1S/C49H34N6S/c1-49(2)39-24-14-15-25-41(39)56-42-30-35(26-27-40(42)49)46-51-43(31-16-6-3-7-17-31)52-47(53-46)36-28-34-22-12-13-23-37(34)38(29-36)48-54-44(32-18-8-4-9-19-32)50-45(55-48)33-20-10-5-11-21-33/h3-30H,1-2H3. The molecule has 7 aromatic carbocycles. The van der Waals surface area contributed by atoms with Gasteiger partial charge in [-0.3, -0.25) is 0 Å². The molecule has 0 radical (unpaired) electrons. The van der Waals surface area contributed by atoms with Gasteiger partial charge in [0.15, 0.2) is 34.9 Å². The fourth-order valence-electron chi connectivity index (χ4n) is 7.50. The fraction of sp³-hybridized carbons (Fsp3) is 0.0612. The van der Waals surface area contributed by atoms with Crippen molar-refractivity contribution in [3.05, 3.63) is 181 Å². The number of aromatic nitrogens is 6. The molecule has 9 aromatic rings. The predicted molar refractivity (Wildman–Crippen MR) is 226 cm³/mol. The van der Waals surface area contributed by atoms with Gasteiger partial charge in [0, 0.05) is 48.6 Å². The van der Waals surface area contributed by atoms with Gasteiger partial charge in [-0.2, -0.15) is 0 Å². The van der Waals surface area contributed by atoms with Crippen LogP contribution in [0.2, 0.25) is 0 Å². The third-order valence-electron chi connectivity index (χ3n) is 10.4. The maximum Gasteiger partial charge on any atom is 0.164 e. The van der Waals surface area contributed by atoms with Crippen molar-refractivity contribution in [1.82, 2.24) is 29.9 Å². The Balaban J connectivity index is 1.16. The van der Waals surface area contributed by atoms with E-state index in [1.165, 1.54) is 20.9 Å². The molecule has 2 aromatic heterocycles. The van der Waals surface area contributed by atoms with Crippen molar-refractivity contribution in [2.24, 2.45) is 0 Å². The first-order valence-corrected chi connectivity index (χ1v) is 19.4. The first-order valence-electron chi connectivity index (χ1n) is 18.6. The Labute approximate surface area is 329 Å². The molecule has 3 heterocycles. The fourth-order valence-corrected chi connectivity index (χ4v) is 8.94. The van der Waals surface area contributed by atoms with Gasteiger partial charge in [0.05, 0.1) is 0 Å². The van der Waals surface area contributed by atoms with E-state index in [2.05, 4.69) is 80.6 Å². The molecule has 0 unspecified atom stereocenters. The molecule has 0 atom stereocenters. The van der Waals surface area contributed by atoms with Crippen LogP contribution in [0.25, 0.3) is 79.1 Å². The quantitative estimate of drug-likeness (QED) is 0.168. The van der Waals surface area contributed by atoms with Crippen LogP contribution < -0.4 is 0 Å². The Morgan fingerprint density at radius 1 is 0.357 bits per heavy atom. The molecule has 1 aliphatic rings. The zero-order chi connectivity index (χ0) is 37.6. The summed E-state index contributed by atoms with van der Waals surface area (Å²) in [5.74, 6) is 3.57. The van der Waals surface area contributed by atoms with Crippen LogP contribution in [0.1, 0.15) is 25.0 Å². The molecule has 0 fully saturated rings. The lowest BCUT2D eigenvalue weighted by Gasteiger charge is -2.34. The number of hydrogen-bond acceptors (Lipinski definition) is 7. The molecular weight excluding hydrogens is 705 g/mol. The van der Waals surface area contributed by atoms with Crippen LogP contribution >= 0.6 is 11.8 Å². The van der Waals surface area contributed by atoms with E-state index in [1.54, 1.807) is 11.8 Å². The molecule has 0 bridgehead atoms. The molecule has 0 spiro atoms. The lowest BCUT2D eigenvalue weighted by atomic mass is 9.77. The van der Waals surface area contributed by atoms with Crippen molar-refractivity contribution in [3.8, 4) is 68.3 Å². The summed E-state index contributed by atoms with van der Waals surface area (Å²) < 4.78 is 0. The van der Waals surface area contributed by atoms with Crippen molar-refractivity contribution >= 4 is 22.5 Å². The number of benzene rings is 7. The lowest BCUT2D eigenvalue weighted by Crippen LogP contribution is -2.23. The molecule has 0 aliphatic carbocycles. The van der Waals surface area contributed by atoms with E-state index in [0.717, 1.165) is 44.2 Å². The number of nitrogens with zero attached hydrogens (tertiary/aromatic N) is 6. The van der Waals surface area contributed by atoms with E-state index < -0.39 is 0 Å². The summed E-state index contributed by atoms with van der Waals surface area (Å²) in [5, 5.41) is 2.05. The van der Waals surface area contributed by atoms with E-state index in [0.29, 0.717) is 34.9 Å². The minimum absolute atomic E-state index is 0.132. The molecule has 1 aliphatic heterocycles. The van der Waals surface area contributed by atoms with E-state index in [-0.39, 0.29) is 5.41 Å². The molecule has 7 heteroatoms. The van der Waals surface area contributed by atoms with Crippen LogP contribution in [-0.2, 0) is 5.41 Å². The van der Waals surface area contributed by atoms with Gasteiger partial charge in [-0.15, -0.1) is 0 Å². The highest BCUT2D eigenvalue weighted by Gasteiger charge is 2.33. The molecule has 0 amide bonds. The molecule has 0 N–H and O–H groups in total. The maximum atomic E-state index is 5.22. The Kier molecular flexibility index (Phi) is 8.30. The Morgan fingerprint density at radius 2 is 0.821 bits per heavy atom. The third kappa shape index (κ3) is 6.12. The molecule has 0 saturated heterocycles. The molecule has 10 rings (SSSR count). The summed E-state index contributed by atoms with van der Waals surface area (Å²) in [6.07, 6.45) is 0. The second kappa shape index (κ2) is 13.8. The van der Waals surface area contributed by atoms with Gasteiger partial charge < -0.3 is 0 Å². The SMILES string of the molecule is CC1(C)c2ccccc2Sc2cc(-c3nc(-c4ccccc4)nc(-c4cc(-c5nc(-c6ccccc6)nc(-c6ccccc6)n5)c5ccccc5c4)n3)ccc21. The van der Waals surface area contributed by atoms with Crippen LogP contribution in [-0.4, -0.2) is 29.9 Å². The largest absolute Gasteiger partial charge is 0.208 e. The van der Waals surface area contributed by atoms with Crippen molar-refractivity contribution in [1.29, 1.82) is 0 Å². The number of hydrogen-bond donors (Lipinski definition) is 0. The monoisotopic (exact) mass is 738 g/mol. The van der Waals surface area contributed by atoms with E-state index in [9.17, 15) is 0 Å². The smallest absolute Gasteiger partial charge is 0.164 e. The summed E-state index contributed by atoms with van der Waals surface area (Å²) >= 11 is 1.80. The van der Waals surface area contributed by atoms with Crippen LogP contribution in [0.3, 0.4) is 0 Å².